The molecule has 0 heterocycles. The minimum Gasteiger partial charge on any atom is -0.320 e. The molecule has 1 fully saturated rings. The highest BCUT2D eigenvalue weighted by atomic mass is 16.2. The maximum atomic E-state index is 13.1. The van der Waals surface area contributed by atoms with Crippen molar-refractivity contribution < 1.29 is 9.28 Å². The molecule has 0 aliphatic heterocycles. The van der Waals surface area contributed by atoms with Gasteiger partial charge in [0.25, 0.3) is 5.91 Å². The van der Waals surface area contributed by atoms with Crippen LogP contribution in [-0.4, -0.2) is 36.1 Å². The second-order valence-electron chi connectivity index (χ2n) is 7.37. The molecule has 26 heavy (non-hydrogen) atoms. The first kappa shape index (κ1) is 22.2. The number of nitriles is 1. The summed E-state index contributed by atoms with van der Waals surface area (Å²) in [5.41, 5.74) is 3.13. The van der Waals surface area contributed by atoms with Gasteiger partial charge >= 0.3 is 0 Å². The van der Waals surface area contributed by atoms with Gasteiger partial charge in [-0.3, -0.25) is 4.79 Å². The van der Waals surface area contributed by atoms with E-state index in [1.165, 1.54) is 0 Å². The summed E-state index contributed by atoms with van der Waals surface area (Å²) in [5, 5.41) is 12.3. The highest BCUT2D eigenvalue weighted by Gasteiger charge is 2.63. The van der Waals surface area contributed by atoms with Crippen LogP contribution in [0.2, 0.25) is 0 Å². The molecule has 0 radical (unpaired) electrons. The maximum Gasteiger partial charge on any atom is 0.285 e. The average molecular weight is 359 g/mol. The fraction of sp³-hybridized carbons (Fsp3) is 0.636. The first-order chi connectivity index (χ1) is 12.3. The number of hydrogen-bond acceptors (Lipinski definition) is 2. The molecule has 0 aromatic heterocycles. The molecule has 0 spiro atoms. The van der Waals surface area contributed by atoms with Crippen LogP contribution in [0.25, 0.3) is 0 Å². The second kappa shape index (κ2) is 9.19. The predicted octanol–water partition coefficient (Wildman–Crippen LogP) is 4.94. The van der Waals surface area contributed by atoms with Gasteiger partial charge in [0.2, 0.25) is 0 Å². The van der Waals surface area contributed by atoms with Gasteiger partial charge in [-0.2, -0.15) is 5.26 Å². The lowest BCUT2D eigenvalue weighted by Gasteiger charge is -2.41. The van der Waals surface area contributed by atoms with Gasteiger partial charge in [-0.25, -0.2) is 0 Å². The number of anilines is 1. The molecule has 1 aliphatic rings. The molecule has 1 N–H and O–H groups in total. The Morgan fingerprint density at radius 3 is 2.15 bits per heavy atom. The zero-order valence-electron chi connectivity index (χ0n) is 17.7. The Labute approximate surface area is 159 Å². The molecule has 2 rings (SSSR count). The molecule has 0 saturated heterocycles. The second-order valence-corrected chi connectivity index (χ2v) is 7.37. The van der Waals surface area contributed by atoms with Gasteiger partial charge in [-0.05, 0) is 50.5 Å². The first-order valence-corrected chi connectivity index (χ1v) is 10.0. The summed E-state index contributed by atoms with van der Waals surface area (Å²) in [6.45, 7) is 14.3. The van der Waals surface area contributed by atoms with E-state index in [1.54, 1.807) is 0 Å². The van der Waals surface area contributed by atoms with E-state index in [0.717, 1.165) is 60.1 Å². The number of carbonyl (C=O) groups excluding carboxylic acids is 1. The quantitative estimate of drug-likeness (QED) is 0.702. The Bertz CT molecular complexity index is 647. The minimum atomic E-state index is -0.281. The third-order valence-corrected chi connectivity index (χ3v) is 5.78. The molecule has 1 aromatic carbocycles. The summed E-state index contributed by atoms with van der Waals surface area (Å²) < 4.78 is 0.820. The van der Waals surface area contributed by atoms with Crippen LogP contribution < -0.4 is 5.32 Å². The number of benzene rings is 1. The Hall–Kier alpha value is -1.86. The van der Waals surface area contributed by atoms with Crippen molar-refractivity contribution in [3.8, 4) is 6.07 Å². The normalized spacial score (nSPS) is 16.5. The van der Waals surface area contributed by atoms with E-state index in [2.05, 4.69) is 32.3 Å². The van der Waals surface area contributed by atoms with Crippen LogP contribution in [0.15, 0.2) is 12.1 Å². The summed E-state index contributed by atoms with van der Waals surface area (Å²) in [7, 11) is 2.22. The van der Waals surface area contributed by atoms with Crippen LogP contribution in [0.1, 0.15) is 70.1 Å². The minimum absolute atomic E-state index is 0.138. The summed E-state index contributed by atoms with van der Waals surface area (Å²) in [6.07, 6.45) is 4.22. The molecule has 4 heteroatoms. The Morgan fingerprint density at radius 1 is 1.23 bits per heavy atom. The largest absolute Gasteiger partial charge is 0.320 e. The molecule has 4 nitrogen and oxygen atoms in total. The van der Waals surface area contributed by atoms with E-state index in [4.69, 9.17) is 5.26 Å². The van der Waals surface area contributed by atoms with E-state index in [1.807, 2.05) is 39.8 Å². The van der Waals surface area contributed by atoms with Crippen LogP contribution in [-0.2, 0) is 4.79 Å². The Kier molecular flexibility index (Phi) is 7.84. The van der Waals surface area contributed by atoms with E-state index in [-0.39, 0.29) is 11.4 Å². The van der Waals surface area contributed by atoms with Crippen molar-refractivity contribution in [1.29, 1.82) is 5.26 Å². The van der Waals surface area contributed by atoms with Crippen LogP contribution in [0.5, 0.6) is 0 Å². The van der Waals surface area contributed by atoms with Gasteiger partial charge in [0.15, 0.2) is 5.54 Å². The maximum absolute atomic E-state index is 13.1. The van der Waals surface area contributed by atoms with Gasteiger partial charge in [0.1, 0.15) is 0 Å². The van der Waals surface area contributed by atoms with Crippen LogP contribution in [0, 0.1) is 25.2 Å². The molecule has 1 atom stereocenters. The smallest absolute Gasteiger partial charge is 0.285 e. The number of quaternary nitrogens is 1. The van der Waals surface area contributed by atoms with Crippen molar-refractivity contribution in [2.75, 3.05) is 25.5 Å². The number of rotatable bonds is 7. The molecule has 1 unspecified atom stereocenters. The monoisotopic (exact) mass is 358 g/mol. The highest BCUT2D eigenvalue weighted by Crippen LogP contribution is 2.47. The highest BCUT2D eigenvalue weighted by molar-refractivity contribution is 6.00. The van der Waals surface area contributed by atoms with Crippen molar-refractivity contribution in [3.05, 3.63) is 28.8 Å². The fourth-order valence-corrected chi connectivity index (χ4v) is 3.77. The lowest BCUT2D eigenvalue weighted by Crippen LogP contribution is -2.60. The number of amides is 1. The first-order valence-electron chi connectivity index (χ1n) is 10.0. The number of likely N-dealkylation sites (N-methyl/N-ethyl adjacent to an activating group) is 1. The van der Waals surface area contributed by atoms with Crippen LogP contribution in [0.3, 0.4) is 0 Å². The van der Waals surface area contributed by atoms with Crippen molar-refractivity contribution in [3.63, 3.8) is 0 Å². The molecular formula is C22H36N3O+. The number of nitrogens with zero attached hydrogens (tertiary/aromatic N) is 2. The van der Waals surface area contributed by atoms with Crippen molar-refractivity contribution >= 4 is 11.6 Å². The predicted molar refractivity (Wildman–Crippen MR) is 109 cm³/mol. The van der Waals surface area contributed by atoms with E-state index >= 15 is 0 Å². The molecule has 1 amide bonds. The molecule has 144 valence electrons. The van der Waals surface area contributed by atoms with Gasteiger partial charge in [0.05, 0.1) is 31.8 Å². The lowest BCUT2D eigenvalue weighted by atomic mass is 10.0. The SMILES string of the molecule is CC.CCCC[N+](C)(CC)C1(C(=O)Nc2c(C)cc(C#N)cc2C)CC1. The Morgan fingerprint density at radius 2 is 1.77 bits per heavy atom. The van der Waals surface area contributed by atoms with Crippen molar-refractivity contribution in [1.82, 2.24) is 0 Å². The number of hydrogen-bond donors (Lipinski definition) is 1. The van der Waals surface area contributed by atoms with Gasteiger partial charge in [-0.1, -0.05) is 27.2 Å². The summed E-state index contributed by atoms with van der Waals surface area (Å²) in [6, 6.07) is 5.85. The van der Waals surface area contributed by atoms with Gasteiger partial charge < -0.3 is 9.80 Å². The summed E-state index contributed by atoms with van der Waals surface area (Å²) in [5.74, 6) is 0.138. The van der Waals surface area contributed by atoms with E-state index < -0.39 is 0 Å². The lowest BCUT2D eigenvalue weighted by molar-refractivity contribution is -0.933. The summed E-state index contributed by atoms with van der Waals surface area (Å²) in [4.78, 5) is 13.1. The zero-order valence-corrected chi connectivity index (χ0v) is 17.7. The van der Waals surface area contributed by atoms with E-state index in [9.17, 15) is 4.79 Å². The zero-order chi connectivity index (χ0) is 20.0. The van der Waals surface area contributed by atoms with Crippen molar-refractivity contribution in [2.24, 2.45) is 0 Å². The fourth-order valence-electron chi connectivity index (χ4n) is 3.77. The third kappa shape index (κ3) is 4.27. The van der Waals surface area contributed by atoms with Gasteiger partial charge in [0, 0.05) is 18.5 Å². The molecule has 1 saturated carbocycles. The van der Waals surface area contributed by atoms with Crippen LogP contribution in [0.4, 0.5) is 5.69 Å². The number of unbranched alkanes of at least 4 members (excludes halogenated alkanes) is 1. The number of aryl methyl sites for hydroxylation is 2. The standard InChI is InChI=1S/C20H29N3O.C2H6/c1-6-8-11-23(5,7-2)20(9-10-20)19(24)22-18-15(3)12-17(14-21)13-16(18)4;1-2/h12-13H,6-11H2,1-5H3;1-2H3/p+1. The molecule has 1 aliphatic carbocycles. The third-order valence-electron chi connectivity index (χ3n) is 5.78. The molecule has 0 bridgehead atoms. The van der Waals surface area contributed by atoms with E-state index in [0.29, 0.717) is 5.56 Å². The molecule has 1 aromatic rings. The Balaban J connectivity index is 0.00000163. The number of nitrogens with one attached hydrogen (secondary N) is 1. The summed E-state index contributed by atoms with van der Waals surface area (Å²) >= 11 is 0. The molecular weight excluding hydrogens is 322 g/mol. The average Bonchev–Trinajstić information content (AvgIpc) is 3.46. The topological polar surface area (TPSA) is 52.9 Å². The van der Waals surface area contributed by atoms with Crippen LogP contribution >= 0.6 is 0 Å². The van der Waals surface area contributed by atoms with Crippen molar-refractivity contribution in [2.45, 2.75) is 72.8 Å². The number of carbonyl (C=O) groups is 1. The van der Waals surface area contributed by atoms with Gasteiger partial charge in [-0.15, -0.1) is 0 Å².